The Bertz CT molecular complexity index is 603. The van der Waals surface area contributed by atoms with Gasteiger partial charge >= 0.3 is 0 Å². The molecule has 0 amide bonds. The van der Waals surface area contributed by atoms with Crippen molar-refractivity contribution in [3.05, 3.63) is 23.0 Å². The van der Waals surface area contributed by atoms with E-state index >= 15 is 0 Å². The number of rotatable bonds is 6. The lowest BCUT2D eigenvalue weighted by atomic mass is 10.4. The Hall–Kier alpha value is -0.520. The minimum absolute atomic E-state index is 0. The molecule has 0 radical (unpaired) electrons. The van der Waals surface area contributed by atoms with Gasteiger partial charge in [-0.1, -0.05) is 11.6 Å². The maximum absolute atomic E-state index is 11.0. The quantitative estimate of drug-likeness (QED) is 0.284. The van der Waals surface area contributed by atoms with E-state index in [0.717, 1.165) is 11.9 Å². The lowest BCUT2D eigenvalue weighted by molar-refractivity contribution is 0.462. The van der Waals surface area contributed by atoms with Gasteiger partial charge in [-0.05, 0) is 6.07 Å². The maximum Gasteiger partial charge on any atom is 0.208 e. The highest BCUT2D eigenvalue weighted by Gasteiger charge is 2.09. The van der Waals surface area contributed by atoms with Crippen molar-refractivity contribution in [1.82, 2.24) is 19.5 Å². The van der Waals surface area contributed by atoms with E-state index in [2.05, 4.69) is 15.0 Å². The fourth-order valence-corrected chi connectivity index (χ4v) is 2.58. The van der Waals surface area contributed by atoms with Crippen molar-refractivity contribution in [2.24, 2.45) is 12.0 Å². The number of aromatic nitrogens is 1. The van der Waals surface area contributed by atoms with Gasteiger partial charge in [0.25, 0.3) is 0 Å². The SMILES string of the molecule is CN=C(NCCNS(C)(=O)=O)N(C)Cc1cc(Cl)cn1C.I. The lowest BCUT2D eigenvalue weighted by Crippen LogP contribution is -2.42. The number of aryl methyl sites for hydroxylation is 1. The molecule has 10 heteroatoms. The molecule has 0 saturated heterocycles. The number of sulfonamides is 1. The number of nitrogens with one attached hydrogen (secondary N) is 2. The Balaban J connectivity index is 0.00000441. The zero-order valence-corrected chi connectivity index (χ0v) is 17.0. The third-order valence-corrected chi connectivity index (χ3v) is 3.75. The van der Waals surface area contributed by atoms with Crippen molar-refractivity contribution >= 4 is 51.6 Å². The predicted octanol–water partition coefficient (Wildman–Crippen LogP) is 0.853. The van der Waals surface area contributed by atoms with Crippen LogP contribution in [0.15, 0.2) is 17.3 Å². The molecule has 0 spiro atoms. The number of halogens is 2. The molecule has 0 atom stereocenters. The van der Waals surface area contributed by atoms with E-state index in [1.54, 1.807) is 7.05 Å². The van der Waals surface area contributed by atoms with Crippen LogP contribution in [0.1, 0.15) is 5.69 Å². The van der Waals surface area contributed by atoms with Crippen molar-refractivity contribution in [3.63, 3.8) is 0 Å². The Morgan fingerprint density at radius 3 is 2.55 bits per heavy atom. The molecular weight excluding hydrogens is 441 g/mol. The molecule has 0 aliphatic rings. The van der Waals surface area contributed by atoms with Crippen LogP contribution in [-0.2, 0) is 23.6 Å². The van der Waals surface area contributed by atoms with Gasteiger partial charge in [0, 0.05) is 46.1 Å². The summed E-state index contributed by atoms with van der Waals surface area (Å²) in [6.45, 7) is 1.40. The number of nitrogens with zero attached hydrogens (tertiary/aromatic N) is 3. The highest BCUT2D eigenvalue weighted by molar-refractivity contribution is 14.0. The summed E-state index contributed by atoms with van der Waals surface area (Å²) in [5.41, 5.74) is 1.06. The lowest BCUT2D eigenvalue weighted by Gasteiger charge is -2.22. The summed E-state index contributed by atoms with van der Waals surface area (Å²) in [4.78, 5) is 6.10. The van der Waals surface area contributed by atoms with E-state index in [9.17, 15) is 8.42 Å². The summed E-state index contributed by atoms with van der Waals surface area (Å²) in [5.74, 6) is 0.683. The van der Waals surface area contributed by atoms with Gasteiger partial charge in [0.1, 0.15) is 0 Å². The van der Waals surface area contributed by atoms with Crippen LogP contribution in [0.3, 0.4) is 0 Å². The highest BCUT2D eigenvalue weighted by atomic mass is 127. The second-order valence-corrected chi connectivity index (χ2v) is 7.03. The van der Waals surface area contributed by atoms with Gasteiger partial charge in [-0.3, -0.25) is 4.99 Å². The Morgan fingerprint density at radius 1 is 1.45 bits per heavy atom. The third-order valence-electron chi connectivity index (χ3n) is 2.82. The summed E-state index contributed by atoms with van der Waals surface area (Å²) < 4.78 is 26.3. The average molecular weight is 464 g/mol. The first-order valence-corrected chi connectivity index (χ1v) is 8.67. The van der Waals surface area contributed by atoms with E-state index in [-0.39, 0.29) is 24.0 Å². The van der Waals surface area contributed by atoms with Gasteiger partial charge in [0.15, 0.2) is 5.96 Å². The monoisotopic (exact) mass is 463 g/mol. The van der Waals surface area contributed by atoms with Crippen molar-refractivity contribution < 1.29 is 8.42 Å². The van der Waals surface area contributed by atoms with Crippen molar-refractivity contribution in [3.8, 4) is 0 Å². The van der Waals surface area contributed by atoms with Crippen molar-refractivity contribution in [1.29, 1.82) is 0 Å². The molecule has 0 saturated carbocycles. The van der Waals surface area contributed by atoms with Gasteiger partial charge in [-0.25, -0.2) is 13.1 Å². The smallest absolute Gasteiger partial charge is 0.208 e. The molecule has 128 valence electrons. The summed E-state index contributed by atoms with van der Waals surface area (Å²) in [6, 6.07) is 1.90. The number of aliphatic imine (C=N–C) groups is 1. The topological polar surface area (TPSA) is 78.7 Å². The average Bonchev–Trinajstić information content (AvgIpc) is 2.66. The molecule has 0 aromatic carbocycles. The fourth-order valence-electron chi connectivity index (χ4n) is 1.84. The minimum atomic E-state index is -3.16. The zero-order valence-electron chi connectivity index (χ0n) is 13.1. The molecule has 0 unspecified atom stereocenters. The van der Waals surface area contributed by atoms with Gasteiger partial charge in [-0.2, -0.15) is 0 Å². The molecule has 0 aliphatic carbocycles. The molecule has 1 aromatic heterocycles. The molecule has 7 nitrogen and oxygen atoms in total. The van der Waals surface area contributed by atoms with E-state index in [4.69, 9.17) is 11.6 Å². The Morgan fingerprint density at radius 2 is 2.09 bits per heavy atom. The first kappa shape index (κ1) is 21.5. The van der Waals surface area contributed by atoms with Crippen LogP contribution in [0, 0.1) is 0 Å². The van der Waals surface area contributed by atoms with E-state index in [1.807, 2.05) is 35.8 Å². The van der Waals surface area contributed by atoms with Gasteiger partial charge in [0.2, 0.25) is 10.0 Å². The van der Waals surface area contributed by atoms with Gasteiger partial charge < -0.3 is 14.8 Å². The zero-order chi connectivity index (χ0) is 16.0. The molecule has 1 aromatic rings. The van der Waals surface area contributed by atoms with Crippen LogP contribution in [-0.4, -0.2) is 57.3 Å². The van der Waals surface area contributed by atoms with Crippen LogP contribution < -0.4 is 10.0 Å². The number of guanidine groups is 1. The first-order chi connectivity index (χ1) is 9.73. The predicted molar refractivity (Wildman–Crippen MR) is 102 cm³/mol. The Kier molecular flexibility index (Phi) is 9.35. The fraction of sp³-hybridized carbons (Fsp3) is 0.583. The Labute approximate surface area is 154 Å². The normalized spacial score (nSPS) is 12.0. The molecule has 0 bridgehead atoms. The molecule has 0 fully saturated rings. The summed E-state index contributed by atoms with van der Waals surface area (Å²) in [5, 5.41) is 3.79. The second-order valence-electron chi connectivity index (χ2n) is 4.76. The van der Waals surface area contributed by atoms with E-state index < -0.39 is 10.0 Å². The van der Waals surface area contributed by atoms with Gasteiger partial charge in [-0.15, -0.1) is 24.0 Å². The molecular formula is C12H23ClIN5O2S. The first-order valence-electron chi connectivity index (χ1n) is 6.40. The van der Waals surface area contributed by atoms with Crippen molar-refractivity contribution in [2.75, 3.05) is 33.4 Å². The third kappa shape index (κ3) is 7.65. The van der Waals surface area contributed by atoms with Crippen LogP contribution in [0.25, 0.3) is 0 Å². The molecule has 1 heterocycles. The van der Waals surface area contributed by atoms with Crippen LogP contribution >= 0.6 is 35.6 Å². The van der Waals surface area contributed by atoms with Crippen LogP contribution in [0.4, 0.5) is 0 Å². The standard InChI is InChI=1S/C12H22ClN5O2S.HI/c1-14-12(15-5-6-16-21(4,19)20)18(3)9-11-7-10(13)8-17(11)2;/h7-8,16H,5-6,9H2,1-4H3,(H,14,15);1H. The number of hydrogen-bond donors (Lipinski definition) is 2. The molecule has 2 N–H and O–H groups in total. The summed E-state index contributed by atoms with van der Waals surface area (Å²) in [7, 11) is 2.35. The van der Waals surface area contributed by atoms with Gasteiger partial charge in [0.05, 0.1) is 17.8 Å². The van der Waals surface area contributed by atoms with Crippen LogP contribution in [0.5, 0.6) is 0 Å². The maximum atomic E-state index is 11.0. The molecule has 1 rings (SSSR count). The minimum Gasteiger partial charge on any atom is -0.355 e. The van der Waals surface area contributed by atoms with Crippen LogP contribution in [0.2, 0.25) is 5.02 Å². The summed E-state index contributed by atoms with van der Waals surface area (Å²) >= 11 is 5.96. The largest absolute Gasteiger partial charge is 0.355 e. The second kappa shape index (κ2) is 9.58. The highest BCUT2D eigenvalue weighted by Crippen LogP contribution is 2.14. The number of hydrogen-bond acceptors (Lipinski definition) is 3. The summed E-state index contributed by atoms with van der Waals surface area (Å²) in [6.07, 6.45) is 2.98. The molecule has 22 heavy (non-hydrogen) atoms. The molecule has 0 aliphatic heterocycles. The van der Waals surface area contributed by atoms with E-state index in [0.29, 0.717) is 30.6 Å². The van der Waals surface area contributed by atoms with E-state index in [1.165, 1.54) is 0 Å². The van der Waals surface area contributed by atoms with Crippen molar-refractivity contribution in [2.45, 2.75) is 6.54 Å².